The van der Waals surface area contributed by atoms with E-state index in [2.05, 4.69) is 37.3 Å². The fraction of sp³-hybridized carbons (Fsp3) is 0.455. The summed E-state index contributed by atoms with van der Waals surface area (Å²) < 4.78 is 12.9. The van der Waals surface area contributed by atoms with Gasteiger partial charge in [0.15, 0.2) is 0 Å². The minimum atomic E-state index is -0.0317. The lowest BCUT2D eigenvalue weighted by atomic mass is 10.1. The zero-order valence-corrected chi connectivity index (χ0v) is 12.9. The molecule has 0 spiro atoms. The van der Waals surface area contributed by atoms with Crippen LogP contribution < -0.4 is 15.0 Å². The molecule has 1 aliphatic heterocycles. The van der Waals surface area contributed by atoms with Gasteiger partial charge in [0.2, 0.25) is 0 Å². The van der Waals surface area contributed by atoms with Crippen LogP contribution >= 0.6 is 31.9 Å². The molecular weight excluding hydrogens is 354 g/mol. The minimum absolute atomic E-state index is 0.00958. The predicted molar refractivity (Wildman–Crippen MR) is 71.4 cm³/mol. The van der Waals surface area contributed by atoms with E-state index in [0.717, 1.165) is 26.0 Å². The average Bonchev–Trinajstić information content (AvgIpc) is 2.63. The van der Waals surface area contributed by atoms with Gasteiger partial charge < -0.3 is 14.3 Å². The number of rotatable bonds is 3. The minimum Gasteiger partial charge on any atom is -0.496 e. The Balaban J connectivity index is 2.54. The molecule has 94 valence electrons. The maximum absolute atomic E-state index is 5.81. The van der Waals surface area contributed by atoms with Gasteiger partial charge in [-0.25, -0.2) is 0 Å². The third-order valence-corrected chi connectivity index (χ3v) is 4.13. The molecule has 0 fully saturated rings. The monoisotopic (exact) mass is 365 g/mol. The molecule has 2 unspecified atom stereocenters. The van der Waals surface area contributed by atoms with Gasteiger partial charge in [0.25, 0.3) is 0 Å². The molecule has 0 aromatic heterocycles. The van der Waals surface area contributed by atoms with Crippen molar-refractivity contribution in [2.45, 2.75) is 19.1 Å². The number of halogens is 2. The van der Waals surface area contributed by atoms with Crippen molar-refractivity contribution < 1.29 is 14.3 Å². The predicted octanol–water partition coefficient (Wildman–Crippen LogP) is 3.19. The maximum Gasteiger partial charge on any atom is 0.140 e. The molecule has 2 atom stereocenters. The number of benzene rings is 1. The van der Waals surface area contributed by atoms with Crippen LogP contribution in [-0.4, -0.2) is 20.3 Å². The lowest BCUT2D eigenvalue weighted by molar-refractivity contribution is 0.0337. The fourth-order valence-electron chi connectivity index (χ4n) is 1.92. The van der Waals surface area contributed by atoms with E-state index in [0.29, 0.717) is 0 Å². The van der Waals surface area contributed by atoms with Gasteiger partial charge in [-0.2, -0.15) is 5.48 Å². The van der Waals surface area contributed by atoms with E-state index >= 15 is 0 Å². The van der Waals surface area contributed by atoms with Crippen molar-refractivity contribution in [1.29, 1.82) is 0 Å². The highest BCUT2D eigenvalue weighted by Crippen LogP contribution is 2.49. The van der Waals surface area contributed by atoms with Crippen LogP contribution in [0.15, 0.2) is 15.0 Å². The van der Waals surface area contributed by atoms with Crippen LogP contribution in [0.2, 0.25) is 0 Å². The van der Waals surface area contributed by atoms with Crippen LogP contribution in [-0.2, 0) is 4.84 Å². The van der Waals surface area contributed by atoms with Crippen molar-refractivity contribution in [1.82, 2.24) is 5.48 Å². The Kier molecular flexibility index (Phi) is 3.97. The standard InChI is InChI=1S/C11H13Br2NO3/c1-5-10(14-16-3)8-9(13)7(15-2)4-6(12)11(8)17-5/h4-5,10,14H,1-3H3. The molecule has 1 N–H and O–H groups in total. The van der Waals surface area contributed by atoms with Gasteiger partial charge in [-0.15, -0.1) is 0 Å². The first kappa shape index (κ1) is 13.1. The highest BCUT2D eigenvalue weighted by atomic mass is 79.9. The van der Waals surface area contributed by atoms with Gasteiger partial charge in [-0.05, 0) is 44.8 Å². The summed E-state index contributed by atoms with van der Waals surface area (Å²) >= 11 is 7.03. The normalized spacial score (nSPS) is 22.2. The molecule has 0 amide bonds. The Morgan fingerprint density at radius 2 is 2.06 bits per heavy atom. The second-order valence-electron chi connectivity index (χ2n) is 3.74. The second kappa shape index (κ2) is 5.14. The lowest BCUT2D eigenvalue weighted by Crippen LogP contribution is -2.28. The van der Waals surface area contributed by atoms with Gasteiger partial charge in [-0.3, -0.25) is 0 Å². The van der Waals surface area contributed by atoms with Crippen molar-refractivity contribution in [3.05, 3.63) is 20.6 Å². The summed E-state index contributed by atoms with van der Waals surface area (Å²) in [5, 5.41) is 0. The number of hydroxylamine groups is 1. The summed E-state index contributed by atoms with van der Waals surface area (Å²) in [5.41, 5.74) is 3.94. The summed E-state index contributed by atoms with van der Waals surface area (Å²) in [6.07, 6.45) is -0.00958. The number of methoxy groups -OCH3 is 1. The molecule has 2 rings (SSSR count). The van der Waals surface area contributed by atoms with Gasteiger partial charge >= 0.3 is 0 Å². The van der Waals surface area contributed by atoms with Crippen LogP contribution in [0.3, 0.4) is 0 Å². The van der Waals surface area contributed by atoms with E-state index in [9.17, 15) is 0 Å². The van der Waals surface area contributed by atoms with E-state index in [1.165, 1.54) is 0 Å². The average molecular weight is 367 g/mol. The van der Waals surface area contributed by atoms with E-state index in [1.54, 1.807) is 14.2 Å². The Morgan fingerprint density at radius 3 is 2.65 bits per heavy atom. The zero-order valence-electron chi connectivity index (χ0n) is 9.71. The van der Waals surface area contributed by atoms with Crippen molar-refractivity contribution in [3.8, 4) is 11.5 Å². The fourth-order valence-corrected chi connectivity index (χ4v) is 3.14. The van der Waals surface area contributed by atoms with E-state index < -0.39 is 0 Å². The van der Waals surface area contributed by atoms with Gasteiger partial charge in [0, 0.05) is 5.56 Å². The van der Waals surface area contributed by atoms with Crippen LogP contribution in [0.4, 0.5) is 0 Å². The third kappa shape index (κ3) is 2.19. The molecular formula is C11H13Br2NO3. The molecule has 6 heteroatoms. The smallest absolute Gasteiger partial charge is 0.140 e. The zero-order chi connectivity index (χ0) is 12.6. The lowest BCUT2D eigenvalue weighted by Gasteiger charge is -2.16. The second-order valence-corrected chi connectivity index (χ2v) is 5.39. The van der Waals surface area contributed by atoms with Gasteiger partial charge in [-0.1, -0.05) is 0 Å². The first-order valence-corrected chi connectivity index (χ1v) is 6.69. The molecule has 0 radical (unpaired) electrons. The van der Waals surface area contributed by atoms with Crippen molar-refractivity contribution in [3.63, 3.8) is 0 Å². The molecule has 17 heavy (non-hydrogen) atoms. The Morgan fingerprint density at radius 1 is 1.35 bits per heavy atom. The number of hydrogen-bond acceptors (Lipinski definition) is 4. The van der Waals surface area contributed by atoms with E-state index in [4.69, 9.17) is 14.3 Å². The van der Waals surface area contributed by atoms with Crippen LogP contribution in [0.25, 0.3) is 0 Å². The summed E-state index contributed by atoms with van der Waals surface area (Å²) in [6.45, 7) is 1.99. The quantitative estimate of drug-likeness (QED) is 0.834. The van der Waals surface area contributed by atoms with Crippen molar-refractivity contribution in [2.75, 3.05) is 14.2 Å². The molecule has 1 aliphatic rings. The molecule has 0 saturated carbocycles. The van der Waals surface area contributed by atoms with Crippen LogP contribution in [0.1, 0.15) is 18.5 Å². The SMILES string of the molecule is CONC1c2c(Br)c(OC)cc(Br)c2OC1C. The molecule has 1 heterocycles. The molecule has 1 aromatic rings. The first-order chi connectivity index (χ1) is 8.10. The van der Waals surface area contributed by atoms with Crippen molar-refractivity contribution >= 4 is 31.9 Å². The Hall–Kier alpha value is -0.300. The largest absolute Gasteiger partial charge is 0.496 e. The number of nitrogens with one attached hydrogen (secondary N) is 1. The molecule has 4 nitrogen and oxygen atoms in total. The van der Waals surface area contributed by atoms with Crippen LogP contribution in [0.5, 0.6) is 11.5 Å². The molecule has 1 aromatic carbocycles. The van der Waals surface area contributed by atoms with Gasteiger partial charge in [0.1, 0.15) is 17.6 Å². The topological polar surface area (TPSA) is 39.7 Å². The molecule has 0 bridgehead atoms. The maximum atomic E-state index is 5.81. The Labute approximate surface area is 117 Å². The molecule has 0 aliphatic carbocycles. The number of ether oxygens (including phenoxy) is 2. The summed E-state index contributed by atoms with van der Waals surface area (Å²) in [5.74, 6) is 1.58. The Bertz CT molecular complexity index is 439. The van der Waals surface area contributed by atoms with Crippen molar-refractivity contribution in [2.24, 2.45) is 0 Å². The summed E-state index contributed by atoms with van der Waals surface area (Å²) in [7, 11) is 3.23. The van der Waals surface area contributed by atoms with Gasteiger partial charge in [0.05, 0.1) is 29.2 Å². The van der Waals surface area contributed by atoms with E-state index in [1.807, 2.05) is 13.0 Å². The summed E-state index contributed by atoms with van der Waals surface area (Å²) in [4.78, 5) is 5.01. The number of hydrogen-bond donors (Lipinski definition) is 1. The highest BCUT2D eigenvalue weighted by molar-refractivity contribution is 9.11. The highest BCUT2D eigenvalue weighted by Gasteiger charge is 2.36. The van der Waals surface area contributed by atoms with E-state index in [-0.39, 0.29) is 12.1 Å². The third-order valence-electron chi connectivity index (χ3n) is 2.72. The molecule has 0 saturated heterocycles. The van der Waals surface area contributed by atoms with Crippen LogP contribution in [0, 0.1) is 0 Å². The number of fused-ring (bicyclic) bond motifs is 1. The summed E-state index contributed by atoms with van der Waals surface area (Å²) in [6, 6.07) is 1.85. The first-order valence-electron chi connectivity index (χ1n) is 5.11.